The standard InChI is InChI=1S/C19H22O5Se/c1-5-24-19(20)18(25-13-9-7-6-8-10-13)14-11-12-15(21-2)17(23-4)16(14)22-3/h6-12,18H,5H2,1-4H3. The molecule has 1 unspecified atom stereocenters. The van der Waals surface area contributed by atoms with Crippen LogP contribution in [0.4, 0.5) is 0 Å². The van der Waals surface area contributed by atoms with E-state index in [4.69, 9.17) is 18.9 Å². The topological polar surface area (TPSA) is 54.0 Å². The van der Waals surface area contributed by atoms with E-state index in [2.05, 4.69) is 0 Å². The van der Waals surface area contributed by atoms with Crippen LogP contribution in [0, 0.1) is 0 Å². The van der Waals surface area contributed by atoms with Gasteiger partial charge in [0.25, 0.3) is 0 Å². The van der Waals surface area contributed by atoms with Gasteiger partial charge in [-0.3, -0.25) is 0 Å². The molecule has 0 heterocycles. The Labute approximate surface area is 154 Å². The van der Waals surface area contributed by atoms with E-state index >= 15 is 0 Å². The van der Waals surface area contributed by atoms with E-state index in [9.17, 15) is 4.79 Å². The summed E-state index contributed by atoms with van der Waals surface area (Å²) in [5.74, 6) is 1.26. The van der Waals surface area contributed by atoms with Crippen LogP contribution < -0.4 is 18.7 Å². The normalized spacial score (nSPS) is 11.5. The van der Waals surface area contributed by atoms with Gasteiger partial charge in [0, 0.05) is 0 Å². The fourth-order valence-electron chi connectivity index (χ4n) is 2.42. The van der Waals surface area contributed by atoms with Crippen molar-refractivity contribution in [3.05, 3.63) is 48.0 Å². The second kappa shape index (κ2) is 9.35. The predicted octanol–water partition coefficient (Wildman–Crippen LogP) is 2.35. The number of carbonyl (C=O) groups excluding carboxylic acids is 1. The predicted molar refractivity (Wildman–Crippen MR) is 97.3 cm³/mol. The molecule has 0 saturated carbocycles. The van der Waals surface area contributed by atoms with Crippen molar-refractivity contribution in [2.24, 2.45) is 0 Å². The molecule has 0 amide bonds. The fourth-order valence-corrected chi connectivity index (χ4v) is 4.65. The third kappa shape index (κ3) is 4.47. The van der Waals surface area contributed by atoms with E-state index in [-0.39, 0.29) is 20.9 Å². The fraction of sp³-hybridized carbons (Fsp3) is 0.316. The van der Waals surface area contributed by atoms with E-state index in [0.29, 0.717) is 23.9 Å². The van der Waals surface area contributed by atoms with Gasteiger partial charge >= 0.3 is 154 Å². The molecule has 0 fully saturated rings. The van der Waals surface area contributed by atoms with Crippen molar-refractivity contribution in [2.75, 3.05) is 27.9 Å². The van der Waals surface area contributed by atoms with Crippen LogP contribution >= 0.6 is 0 Å². The second-order valence-corrected chi connectivity index (χ2v) is 7.46. The Morgan fingerprint density at radius 3 is 2.20 bits per heavy atom. The molecule has 0 bridgehead atoms. The first-order valence-electron chi connectivity index (χ1n) is 7.83. The first-order chi connectivity index (χ1) is 12.2. The number of ether oxygens (including phenoxy) is 4. The summed E-state index contributed by atoms with van der Waals surface area (Å²) in [5, 5.41) is 0. The van der Waals surface area contributed by atoms with E-state index < -0.39 is 4.82 Å². The first kappa shape index (κ1) is 19.2. The van der Waals surface area contributed by atoms with Crippen LogP contribution in [0.5, 0.6) is 17.2 Å². The Morgan fingerprint density at radius 2 is 1.64 bits per heavy atom. The Kier molecular flexibility index (Phi) is 7.16. The van der Waals surface area contributed by atoms with Crippen LogP contribution in [-0.4, -0.2) is 48.9 Å². The zero-order chi connectivity index (χ0) is 18.2. The molecule has 2 rings (SSSR count). The summed E-state index contributed by atoms with van der Waals surface area (Å²) < 4.78 is 22.7. The summed E-state index contributed by atoms with van der Waals surface area (Å²) in [6, 6.07) is 13.5. The van der Waals surface area contributed by atoms with Crippen molar-refractivity contribution in [3.63, 3.8) is 0 Å². The minimum absolute atomic E-state index is 0.166. The molecule has 0 saturated heterocycles. The number of carbonyl (C=O) groups is 1. The molecule has 0 aliphatic rings. The zero-order valence-corrected chi connectivity index (χ0v) is 16.5. The monoisotopic (exact) mass is 410 g/mol. The number of benzene rings is 2. The summed E-state index contributed by atoms with van der Waals surface area (Å²) in [5.41, 5.74) is 0.738. The van der Waals surface area contributed by atoms with Gasteiger partial charge in [-0.25, -0.2) is 0 Å². The van der Waals surface area contributed by atoms with Crippen LogP contribution in [0.1, 0.15) is 17.3 Å². The van der Waals surface area contributed by atoms with Gasteiger partial charge in [0.2, 0.25) is 0 Å². The van der Waals surface area contributed by atoms with E-state index in [0.717, 1.165) is 10.0 Å². The van der Waals surface area contributed by atoms with E-state index in [1.54, 1.807) is 34.3 Å². The zero-order valence-electron chi connectivity index (χ0n) is 14.8. The molecule has 1 atom stereocenters. The Bertz CT molecular complexity index is 702. The molecular formula is C19H22O5Se. The van der Waals surface area contributed by atoms with Gasteiger partial charge in [-0.05, 0) is 0 Å². The number of esters is 1. The van der Waals surface area contributed by atoms with E-state index in [1.807, 2.05) is 36.4 Å². The van der Waals surface area contributed by atoms with Crippen molar-refractivity contribution in [1.29, 1.82) is 0 Å². The van der Waals surface area contributed by atoms with Crippen LogP contribution in [0.25, 0.3) is 0 Å². The molecular weight excluding hydrogens is 387 g/mol. The Balaban J connectivity index is 2.51. The first-order valence-corrected chi connectivity index (χ1v) is 9.68. The van der Waals surface area contributed by atoms with Crippen molar-refractivity contribution in [2.45, 2.75) is 11.7 Å². The molecule has 0 aliphatic heterocycles. The SMILES string of the molecule is CCOC(=O)C([Se]c1ccccc1)c1ccc(OC)c(OC)c1OC. The Morgan fingerprint density at radius 1 is 0.960 bits per heavy atom. The second-order valence-electron chi connectivity index (χ2n) is 4.99. The number of hydrogen-bond donors (Lipinski definition) is 0. The van der Waals surface area contributed by atoms with Crippen molar-refractivity contribution < 1.29 is 23.7 Å². The van der Waals surface area contributed by atoms with Gasteiger partial charge in [0.15, 0.2) is 0 Å². The molecule has 2 aromatic rings. The Hall–Kier alpha value is -2.17. The van der Waals surface area contributed by atoms with Gasteiger partial charge in [0.1, 0.15) is 0 Å². The summed E-state index contributed by atoms with van der Waals surface area (Å²) in [7, 11) is 4.66. The third-order valence-corrected chi connectivity index (χ3v) is 6.09. The van der Waals surface area contributed by atoms with Crippen molar-refractivity contribution in [1.82, 2.24) is 0 Å². The quantitative estimate of drug-likeness (QED) is 0.495. The molecule has 0 aromatic heterocycles. The van der Waals surface area contributed by atoms with Gasteiger partial charge in [-0.15, -0.1) is 0 Å². The molecule has 0 radical (unpaired) electrons. The average Bonchev–Trinajstić information content (AvgIpc) is 2.65. The summed E-state index contributed by atoms with van der Waals surface area (Å²) in [6.45, 7) is 2.13. The van der Waals surface area contributed by atoms with Gasteiger partial charge in [-0.2, -0.15) is 0 Å². The molecule has 134 valence electrons. The summed E-state index contributed by atoms with van der Waals surface area (Å²) in [6.07, 6.45) is 0. The van der Waals surface area contributed by atoms with Gasteiger partial charge < -0.3 is 0 Å². The van der Waals surface area contributed by atoms with Crippen LogP contribution in [0.3, 0.4) is 0 Å². The molecule has 5 nitrogen and oxygen atoms in total. The molecule has 2 aromatic carbocycles. The molecule has 0 spiro atoms. The van der Waals surface area contributed by atoms with Crippen LogP contribution in [-0.2, 0) is 9.53 Å². The number of rotatable bonds is 8. The average molecular weight is 409 g/mol. The molecule has 0 N–H and O–H groups in total. The van der Waals surface area contributed by atoms with Gasteiger partial charge in [-0.1, -0.05) is 0 Å². The molecule has 0 aliphatic carbocycles. The number of hydrogen-bond acceptors (Lipinski definition) is 5. The van der Waals surface area contributed by atoms with Gasteiger partial charge in [0.05, 0.1) is 0 Å². The maximum absolute atomic E-state index is 12.6. The molecule has 6 heteroatoms. The van der Waals surface area contributed by atoms with Crippen molar-refractivity contribution >= 4 is 25.4 Å². The summed E-state index contributed by atoms with van der Waals surface area (Å²) in [4.78, 5) is 12.2. The third-order valence-electron chi connectivity index (χ3n) is 3.51. The van der Waals surface area contributed by atoms with E-state index in [1.165, 1.54) is 0 Å². The van der Waals surface area contributed by atoms with Crippen LogP contribution in [0.2, 0.25) is 0 Å². The number of methoxy groups -OCH3 is 3. The summed E-state index contributed by atoms with van der Waals surface area (Å²) >= 11 is -0.166. The molecule has 25 heavy (non-hydrogen) atoms. The van der Waals surface area contributed by atoms with Crippen LogP contribution in [0.15, 0.2) is 42.5 Å². The van der Waals surface area contributed by atoms with Crippen molar-refractivity contribution in [3.8, 4) is 17.2 Å². The maximum atomic E-state index is 12.6. The minimum atomic E-state index is -0.440.